The van der Waals surface area contributed by atoms with Crippen LogP contribution in [0.15, 0.2) is 30.9 Å². The SMILES string of the molecule is CC(C)(C)OC(=O)N1CCC(C2CCN(c3cc(-n4cccn4)ncn3)CC2)CC1. The van der Waals surface area contributed by atoms with Gasteiger partial charge in [-0.3, -0.25) is 0 Å². The molecule has 8 heteroatoms. The molecular formula is C22H32N6O2. The molecule has 4 heterocycles. The highest BCUT2D eigenvalue weighted by Crippen LogP contribution is 2.34. The minimum Gasteiger partial charge on any atom is -0.444 e. The zero-order chi connectivity index (χ0) is 21.1. The van der Waals surface area contributed by atoms with Gasteiger partial charge >= 0.3 is 6.09 Å². The monoisotopic (exact) mass is 412 g/mol. The van der Waals surface area contributed by atoms with Gasteiger partial charge in [-0.2, -0.15) is 5.10 Å². The van der Waals surface area contributed by atoms with Gasteiger partial charge in [0.15, 0.2) is 5.82 Å². The lowest BCUT2D eigenvalue weighted by atomic mass is 9.79. The van der Waals surface area contributed by atoms with Crippen molar-refractivity contribution in [3.8, 4) is 5.82 Å². The molecule has 0 N–H and O–H groups in total. The van der Waals surface area contributed by atoms with Crippen LogP contribution < -0.4 is 4.90 Å². The van der Waals surface area contributed by atoms with Crippen molar-refractivity contribution in [1.29, 1.82) is 0 Å². The Morgan fingerprint density at radius 2 is 1.63 bits per heavy atom. The number of carbonyl (C=O) groups is 1. The Bertz CT molecular complexity index is 832. The zero-order valence-electron chi connectivity index (χ0n) is 18.2. The maximum absolute atomic E-state index is 12.3. The first kappa shape index (κ1) is 20.6. The van der Waals surface area contributed by atoms with Gasteiger partial charge in [0.05, 0.1) is 0 Å². The van der Waals surface area contributed by atoms with Gasteiger partial charge < -0.3 is 14.5 Å². The summed E-state index contributed by atoms with van der Waals surface area (Å²) in [6.45, 7) is 9.38. The molecule has 0 atom stereocenters. The third kappa shape index (κ3) is 4.91. The average molecular weight is 413 g/mol. The standard InChI is InChI=1S/C22H32N6O2/c1-22(2,3)30-21(29)27-13-7-18(8-14-27)17-5-11-26(12-6-17)19-15-20(24-16-23-19)28-10-4-9-25-28/h4,9-10,15-18H,5-8,11-14H2,1-3H3. The number of likely N-dealkylation sites (tertiary alicyclic amines) is 1. The number of ether oxygens (including phenoxy) is 1. The molecule has 162 valence electrons. The van der Waals surface area contributed by atoms with E-state index < -0.39 is 5.60 Å². The van der Waals surface area contributed by atoms with Crippen LogP contribution in [0.25, 0.3) is 5.82 Å². The highest BCUT2D eigenvalue weighted by molar-refractivity contribution is 5.68. The van der Waals surface area contributed by atoms with Crippen LogP contribution in [0.4, 0.5) is 10.6 Å². The first-order chi connectivity index (χ1) is 14.4. The lowest BCUT2D eigenvalue weighted by molar-refractivity contribution is 0.0152. The van der Waals surface area contributed by atoms with Crippen LogP contribution >= 0.6 is 0 Å². The van der Waals surface area contributed by atoms with Crippen molar-refractivity contribution in [1.82, 2.24) is 24.6 Å². The van der Waals surface area contributed by atoms with Crippen LogP contribution in [0.1, 0.15) is 46.5 Å². The third-order valence-corrected chi connectivity index (χ3v) is 6.10. The molecule has 2 fully saturated rings. The second-order valence-electron chi connectivity index (χ2n) is 9.31. The summed E-state index contributed by atoms with van der Waals surface area (Å²) in [5.41, 5.74) is -0.432. The largest absolute Gasteiger partial charge is 0.444 e. The number of anilines is 1. The lowest BCUT2D eigenvalue weighted by Gasteiger charge is -2.40. The van der Waals surface area contributed by atoms with Crippen molar-refractivity contribution in [3.63, 3.8) is 0 Å². The predicted molar refractivity (Wildman–Crippen MR) is 115 cm³/mol. The molecule has 2 aromatic rings. The van der Waals surface area contributed by atoms with Gasteiger partial charge in [-0.25, -0.2) is 19.4 Å². The fourth-order valence-electron chi connectivity index (χ4n) is 4.52. The molecule has 0 aliphatic carbocycles. The summed E-state index contributed by atoms with van der Waals surface area (Å²) < 4.78 is 7.28. The van der Waals surface area contributed by atoms with Crippen molar-refractivity contribution in [2.24, 2.45) is 11.8 Å². The van der Waals surface area contributed by atoms with E-state index in [9.17, 15) is 4.79 Å². The van der Waals surface area contributed by atoms with Crippen LogP contribution in [0.2, 0.25) is 0 Å². The maximum atomic E-state index is 12.3. The smallest absolute Gasteiger partial charge is 0.410 e. The topological polar surface area (TPSA) is 76.4 Å². The molecule has 4 rings (SSSR count). The highest BCUT2D eigenvalue weighted by Gasteiger charge is 2.32. The predicted octanol–water partition coefficient (Wildman–Crippen LogP) is 3.53. The molecule has 2 aromatic heterocycles. The number of piperidine rings is 2. The summed E-state index contributed by atoms with van der Waals surface area (Å²) in [5.74, 6) is 3.17. The summed E-state index contributed by atoms with van der Waals surface area (Å²) >= 11 is 0. The van der Waals surface area contributed by atoms with E-state index in [0.717, 1.165) is 69.4 Å². The fraction of sp³-hybridized carbons (Fsp3) is 0.636. The summed E-state index contributed by atoms with van der Waals surface area (Å²) in [6.07, 6.45) is 9.55. The lowest BCUT2D eigenvalue weighted by Crippen LogP contribution is -2.44. The first-order valence-electron chi connectivity index (χ1n) is 10.9. The number of rotatable bonds is 3. The van der Waals surface area contributed by atoms with Crippen molar-refractivity contribution < 1.29 is 9.53 Å². The van der Waals surface area contributed by atoms with Crippen molar-refractivity contribution in [3.05, 3.63) is 30.9 Å². The number of amides is 1. The molecule has 2 aliphatic heterocycles. The molecule has 0 aromatic carbocycles. The molecule has 0 saturated carbocycles. The van der Waals surface area contributed by atoms with E-state index >= 15 is 0 Å². The van der Waals surface area contributed by atoms with Crippen LogP contribution in [0.5, 0.6) is 0 Å². The quantitative estimate of drug-likeness (QED) is 0.768. The molecule has 0 spiro atoms. The Labute approximate surface area is 178 Å². The van der Waals surface area contributed by atoms with E-state index in [0.29, 0.717) is 5.92 Å². The van der Waals surface area contributed by atoms with E-state index in [1.807, 2.05) is 44.0 Å². The number of carbonyl (C=O) groups excluding carboxylic acids is 1. The molecule has 0 bridgehead atoms. The van der Waals surface area contributed by atoms with Crippen LogP contribution in [-0.4, -0.2) is 62.5 Å². The minimum absolute atomic E-state index is 0.174. The van der Waals surface area contributed by atoms with Crippen LogP contribution in [0.3, 0.4) is 0 Å². The van der Waals surface area contributed by atoms with Gasteiger partial charge in [0.2, 0.25) is 0 Å². The number of aromatic nitrogens is 4. The summed E-state index contributed by atoms with van der Waals surface area (Å²) in [4.78, 5) is 25.3. The van der Waals surface area contributed by atoms with Gasteiger partial charge in [0.1, 0.15) is 17.7 Å². The molecule has 1 amide bonds. The normalized spacial score (nSPS) is 19.2. The van der Waals surface area contributed by atoms with Crippen LogP contribution in [0, 0.1) is 11.8 Å². The molecule has 2 saturated heterocycles. The second-order valence-corrected chi connectivity index (χ2v) is 9.31. The van der Waals surface area contributed by atoms with E-state index in [-0.39, 0.29) is 6.09 Å². The van der Waals surface area contributed by atoms with Crippen LogP contribution in [-0.2, 0) is 4.74 Å². The van der Waals surface area contributed by atoms with Gasteiger partial charge in [-0.15, -0.1) is 0 Å². The Balaban J connectivity index is 1.28. The minimum atomic E-state index is -0.432. The Morgan fingerprint density at radius 3 is 2.23 bits per heavy atom. The van der Waals surface area contributed by atoms with Gasteiger partial charge in [-0.1, -0.05) is 0 Å². The zero-order valence-corrected chi connectivity index (χ0v) is 18.2. The van der Waals surface area contributed by atoms with Crippen molar-refractivity contribution in [2.75, 3.05) is 31.1 Å². The molecule has 0 radical (unpaired) electrons. The maximum Gasteiger partial charge on any atom is 0.410 e. The van der Waals surface area contributed by atoms with Crippen molar-refractivity contribution in [2.45, 2.75) is 52.1 Å². The third-order valence-electron chi connectivity index (χ3n) is 6.10. The van der Waals surface area contributed by atoms with E-state index in [1.165, 1.54) is 0 Å². The molecule has 30 heavy (non-hydrogen) atoms. The highest BCUT2D eigenvalue weighted by atomic mass is 16.6. The molecule has 2 aliphatic rings. The van der Waals surface area contributed by atoms with Gasteiger partial charge in [0, 0.05) is 44.6 Å². The van der Waals surface area contributed by atoms with Gasteiger partial charge in [0.25, 0.3) is 0 Å². The van der Waals surface area contributed by atoms with Gasteiger partial charge in [-0.05, 0) is 64.4 Å². The van der Waals surface area contributed by atoms with E-state index in [1.54, 1.807) is 17.2 Å². The molecule has 8 nitrogen and oxygen atoms in total. The Hall–Kier alpha value is -2.64. The fourth-order valence-corrected chi connectivity index (χ4v) is 4.52. The number of nitrogens with zero attached hydrogens (tertiary/aromatic N) is 6. The summed E-state index contributed by atoms with van der Waals surface area (Å²) in [7, 11) is 0. The van der Waals surface area contributed by atoms with Crippen molar-refractivity contribution >= 4 is 11.9 Å². The second kappa shape index (κ2) is 8.62. The molecule has 0 unspecified atom stereocenters. The Kier molecular flexibility index (Phi) is 5.92. The number of hydrogen-bond acceptors (Lipinski definition) is 6. The van der Waals surface area contributed by atoms with E-state index in [2.05, 4.69) is 20.0 Å². The summed E-state index contributed by atoms with van der Waals surface area (Å²) in [5, 5.41) is 4.25. The average Bonchev–Trinajstić information content (AvgIpc) is 3.28. The Morgan fingerprint density at radius 1 is 1.00 bits per heavy atom. The number of hydrogen-bond donors (Lipinski definition) is 0. The first-order valence-corrected chi connectivity index (χ1v) is 10.9. The summed E-state index contributed by atoms with van der Waals surface area (Å²) in [6, 6.07) is 3.90. The molecular weight excluding hydrogens is 380 g/mol. The van der Waals surface area contributed by atoms with E-state index in [4.69, 9.17) is 4.74 Å².